The Morgan fingerprint density at radius 1 is 1.61 bits per heavy atom. The molecule has 2 rings (SSSR count). The van der Waals surface area contributed by atoms with Gasteiger partial charge < -0.3 is 10.4 Å². The van der Waals surface area contributed by atoms with E-state index in [1.54, 1.807) is 12.3 Å². The zero-order chi connectivity index (χ0) is 13.0. The molecule has 0 bridgehead atoms. The van der Waals surface area contributed by atoms with Crippen LogP contribution in [0.3, 0.4) is 0 Å². The second-order valence-electron chi connectivity index (χ2n) is 4.41. The van der Waals surface area contributed by atoms with E-state index in [2.05, 4.69) is 29.1 Å². The van der Waals surface area contributed by atoms with E-state index in [0.29, 0.717) is 23.1 Å². The number of nitrogens with zero attached hydrogens (tertiary/aromatic N) is 1. The van der Waals surface area contributed by atoms with Crippen LogP contribution in [-0.2, 0) is 0 Å². The first-order chi connectivity index (χ1) is 8.74. The van der Waals surface area contributed by atoms with Crippen molar-refractivity contribution in [3.05, 3.63) is 29.6 Å². The molecule has 1 fully saturated rings. The van der Waals surface area contributed by atoms with Crippen LogP contribution in [0.5, 0.6) is 0 Å². The number of rotatable bonds is 3. The van der Waals surface area contributed by atoms with Gasteiger partial charge in [0.05, 0.1) is 5.56 Å². The molecular formula is C14H16N2O2. The number of aliphatic hydroxyl groups excluding tert-OH is 1. The molecule has 1 saturated carbocycles. The molecule has 0 aliphatic heterocycles. The van der Waals surface area contributed by atoms with Gasteiger partial charge in [0.2, 0.25) is 0 Å². The van der Waals surface area contributed by atoms with Gasteiger partial charge in [-0.2, -0.15) is 0 Å². The number of pyridine rings is 1. The van der Waals surface area contributed by atoms with Crippen LogP contribution < -0.4 is 5.32 Å². The Hall–Kier alpha value is -1.86. The topological polar surface area (TPSA) is 62.2 Å². The summed E-state index contributed by atoms with van der Waals surface area (Å²) in [6, 6.07) is 2.00. The minimum atomic E-state index is -0.198. The predicted octanol–water partition coefficient (Wildman–Crippen LogP) is 0.954. The first-order valence-electron chi connectivity index (χ1n) is 6.10. The van der Waals surface area contributed by atoms with Crippen LogP contribution in [0.25, 0.3) is 0 Å². The summed E-state index contributed by atoms with van der Waals surface area (Å²) in [5, 5.41) is 11.6. The summed E-state index contributed by atoms with van der Waals surface area (Å²) >= 11 is 0. The smallest absolute Gasteiger partial charge is 0.253 e. The van der Waals surface area contributed by atoms with Gasteiger partial charge >= 0.3 is 0 Å². The summed E-state index contributed by atoms with van der Waals surface area (Å²) in [5.74, 6) is 5.79. The van der Waals surface area contributed by atoms with E-state index in [1.807, 2.05) is 0 Å². The fourth-order valence-corrected chi connectivity index (χ4v) is 1.90. The van der Waals surface area contributed by atoms with E-state index in [1.165, 1.54) is 6.20 Å². The lowest BCUT2D eigenvalue weighted by molar-refractivity contribution is 0.0948. The van der Waals surface area contributed by atoms with Crippen LogP contribution in [0.15, 0.2) is 18.5 Å². The average Bonchev–Trinajstić information content (AvgIpc) is 3.15. The van der Waals surface area contributed by atoms with Crippen molar-refractivity contribution in [1.29, 1.82) is 0 Å². The highest BCUT2D eigenvalue weighted by molar-refractivity contribution is 5.94. The Labute approximate surface area is 106 Å². The molecule has 0 radical (unpaired) electrons. The number of aliphatic hydroxyl groups is 1. The van der Waals surface area contributed by atoms with Crippen molar-refractivity contribution in [2.75, 3.05) is 6.61 Å². The number of nitrogens with one attached hydrogen (secondary N) is 1. The fourth-order valence-electron chi connectivity index (χ4n) is 1.90. The first-order valence-corrected chi connectivity index (χ1v) is 6.10. The van der Waals surface area contributed by atoms with Crippen molar-refractivity contribution in [3.8, 4) is 11.8 Å². The van der Waals surface area contributed by atoms with E-state index in [9.17, 15) is 4.79 Å². The number of carbonyl (C=O) groups is 1. The van der Waals surface area contributed by atoms with Gasteiger partial charge in [-0.1, -0.05) is 25.2 Å². The summed E-state index contributed by atoms with van der Waals surface area (Å²) in [4.78, 5) is 15.9. The standard InChI is InChI=1S/C14H16N2O2/c1-2-11-7-13(11)16-14(18)12-6-10(4-3-5-17)8-15-9-12/h6,8-9,11,13,17H,2,5,7H2,1H3,(H,16,18). The molecule has 4 heteroatoms. The van der Waals surface area contributed by atoms with Gasteiger partial charge in [0, 0.05) is 24.0 Å². The molecule has 1 aromatic heterocycles. The lowest BCUT2D eigenvalue weighted by atomic mass is 10.2. The zero-order valence-electron chi connectivity index (χ0n) is 10.3. The largest absolute Gasteiger partial charge is 0.384 e. The summed E-state index contributed by atoms with van der Waals surface area (Å²) in [6.07, 6.45) is 5.28. The fraction of sp³-hybridized carbons (Fsp3) is 0.429. The van der Waals surface area contributed by atoms with Crippen LogP contribution in [0.1, 0.15) is 35.7 Å². The maximum absolute atomic E-state index is 11.9. The highest BCUT2D eigenvalue weighted by Gasteiger charge is 2.36. The number of aromatic nitrogens is 1. The van der Waals surface area contributed by atoms with Gasteiger partial charge in [-0.05, 0) is 18.4 Å². The van der Waals surface area contributed by atoms with Gasteiger partial charge in [-0.3, -0.25) is 9.78 Å². The van der Waals surface area contributed by atoms with Crippen LogP contribution in [0, 0.1) is 17.8 Å². The molecule has 1 aliphatic carbocycles. The molecule has 4 nitrogen and oxygen atoms in total. The Kier molecular flexibility index (Phi) is 3.96. The van der Waals surface area contributed by atoms with Gasteiger partial charge in [0.1, 0.15) is 6.61 Å². The van der Waals surface area contributed by atoms with Crippen LogP contribution in [0.2, 0.25) is 0 Å². The molecule has 94 valence electrons. The maximum Gasteiger partial charge on any atom is 0.253 e. The number of hydrogen-bond acceptors (Lipinski definition) is 3. The Bertz CT molecular complexity index is 502. The Morgan fingerprint density at radius 3 is 3.11 bits per heavy atom. The Balaban J connectivity index is 2.02. The Morgan fingerprint density at radius 2 is 2.44 bits per heavy atom. The molecule has 2 N–H and O–H groups in total. The average molecular weight is 244 g/mol. The molecule has 2 atom stereocenters. The number of carbonyl (C=O) groups excluding carboxylic acids is 1. The first kappa shape index (κ1) is 12.6. The van der Waals surface area contributed by atoms with Gasteiger partial charge in [0.15, 0.2) is 0 Å². The molecule has 0 aromatic carbocycles. The zero-order valence-corrected chi connectivity index (χ0v) is 10.3. The minimum Gasteiger partial charge on any atom is -0.384 e. The van der Waals surface area contributed by atoms with Crippen molar-refractivity contribution in [1.82, 2.24) is 10.3 Å². The van der Waals surface area contributed by atoms with E-state index >= 15 is 0 Å². The molecule has 1 aliphatic rings. The van der Waals surface area contributed by atoms with Crippen molar-refractivity contribution >= 4 is 5.91 Å². The summed E-state index contributed by atoms with van der Waals surface area (Å²) in [7, 11) is 0. The third-order valence-corrected chi connectivity index (χ3v) is 3.08. The van der Waals surface area contributed by atoms with Crippen molar-refractivity contribution in [2.45, 2.75) is 25.8 Å². The second kappa shape index (κ2) is 5.65. The van der Waals surface area contributed by atoms with E-state index in [4.69, 9.17) is 5.11 Å². The van der Waals surface area contributed by atoms with E-state index < -0.39 is 0 Å². The third kappa shape index (κ3) is 3.08. The van der Waals surface area contributed by atoms with Gasteiger partial charge in [-0.25, -0.2) is 0 Å². The molecule has 0 saturated heterocycles. The van der Waals surface area contributed by atoms with Gasteiger partial charge in [0.25, 0.3) is 5.91 Å². The van der Waals surface area contributed by atoms with Crippen molar-refractivity contribution in [3.63, 3.8) is 0 Å². The summed E-state index contributed by atoms with van der Waals surface area (Å²) in [6.45, 7) is 1.93. The monoisotopic (exact) mass is 244 g/mol. The lowest BCUT2D eigenvalue weighted by Crippen LogP contribution is -2.26. The summed E-state index contributed by atoms with van der Waals surface area (Å²) < 4.78 is 0. The predicted molar refractivity (Wildman–Crippen MR) is 67.9 cm³/mol. The summed E-state index contributed by atoms with van der Waals surface area (Å²) in [5.41, 5.74) is 1.15. The molecule has 1 aromatic rings. The third-order valence-electron chi connectivity index (χ3n) is 3.08. The quantitative estimate of drug-likeness (QED) is 0.778. The molecule has 2 unspecified atom stereocenters. The van der Waals surface area contributed by atoms with Crippen LogP contribution >= 0.6 is 0 Å². The van der Waals surface area contributed by atoms with Crippen molar-refractivity contribution < 1.29 is 9.90 Å². The van der Waals surface area contributed by atoms with Crippen LogP contribution in [-0.4, -0.2) is 28.6 Å². The maximum atomic E-state index is 11.9. The van der Waals surface area contributed by atoms with Crippen LogP contribution in [0.4, 0.5) is 0 Å². The van der Waals surface area contributed by atoms with E-state index in [0.717, 1.165) is 12.8 Å². The minimum absolute atomic E-state index is 0.101. The highest BCUT2D eigenvalue weighted by Crippen LogP contribution is 2.33. The normalized spacial score (nSPS) is 20.8. The lowest BCUT2D eigenvalue weighted by Gasteiger charge is -2.04. The molecule has 0 spiro atoms. The molecule has 18 heavy (non-hydrogen) atoms. The second-order valence-corrected chi connectivity index (χ2v) is 4.41. The number of hydrogen-bond donors (Lipinski definition) is 2. The van der Waals surface area contributed by atoms with Crippen molar-refractivity contribution in [2.24, 2.45) is 5.92 Å². The number of amides is 1. The van der Waals surface area contributed by atoms with E-state index in [-0.39, 0.29) is 12.5 Å². The highest BCUT2D eigenvalue weighted by atomic mass is 16.2. The molecule has 1 amide bonds. The SMILES string of the molecule is CCC1CC1NC(=O)c1cncc(C#CCO)c1. The van der Waals surface area contributed by atoms with Gasteiger partial charge in [-0.15, -0.1) is 0 Å². The molecule has 1 heterocycles. The molecular weight excluding hydrogens is 228 g/mol.